The summed E-state index contributed by atoms with van der Waals surface area (Å²) in [6, 6.07) is 14.7. The number of halogens is 2. The Bertz CT molecular complexity index is 740. The number of hydrogen-bond acceptors (Lipinski definition) is 3. The number of nitrogens with zero attached hydrogens (tertiary/aromatic N) is 2. The Morgan fingerprint density at radius 2 is 1.89 bits per heavy atom. The summed E-state index contributed by atoms with van der Waals surface area (Å²) in [4.78, 5) is 6.67. The van der Waals surface area contributed by atoms with E-state index in [1.165, 1.54) is 6.07 Å². The van der Waals surface area contributed by atoms with Gasteiger partial charge in [-0.1, -0.05) is 30.3 Å². The molecule has 2 rings (SSSR count). The van der Waals surface area contributed by atoms with Gasteiger partial charge < -0.3 is 20.3 Å². The maximum atomic E-state index is 13.8. The molecule has 0 amide bonds. The standard InChI is InChI=1S/C21H29FN4O.HI/c1-4-23-21(25-16-18-9-5-6-11-20(18)22)24-15-17-8-7-10-19(14-17)27-13-12-26(2)3;/h5-11,14H,4,12-13,15-16H2,1-3H3,(H2,23,24,25);1H. The molecule has 2 aromatic rings. The van der Waals surface area contributed by atoms with Crippen molar-refractivity contribution in [2.24, 2.45) is 4.99 Å². The van der Waals surface area contributed by atoms with Crippen LogP contribution in [0, 0.1) is 5.82 Å². The summed E-state index contributed by atoms with van der Waals surface area (Å²) < 4.78 is 19.5. The zero-order valence-electron chi connectivity index (χ0n) is 16.7. The number of hydrogen-bond donors (Lipinski definition) is 2. The average molecular weight is 500 g/mol. The van der Waals surface area contributed by atoms with Gasteiger partial charge >= 0.3 is 0 Å². The SMILES string of the molecule is CCNC(=NCc1cccc(OCCN(C)C)c1)NCc1ccccc1F.I. The van der Waals surface area contributed by atoms with Crippen LogP contribution >= 0.6 is 24.0 Å². The van der Waals surface area contributed by atoms with Gasteiger partial charge in [0, 0.05) is 25.2 Å². The molecule has 2 aromatic carbocycles. The summed E-state index contributed by atoms with van der Waals surface area (Å²) >= 11 is 0. The van der Waals surface area contributed by atoms with Crippen molar-refractivity contribution in [3.05, 3.63) is 65.5 Å². The van der Waals surface area contributed by atoms with Crippen molar-refractivity contribution >= 4 is 29.9 Å². The molecule has 0 bridgehead atoms. The van der Waals surface area contributed by atoms with E-state index in [2.05, 4.69) is 20.5 Å². The van der Waals surface area contributed by atoms with Crippen LogP contribution in [0.5, 0.6) is 5.75 Å². The number of likely N-dealkylation sites (N-methyl/N-ethyl adjacent to an activating group) is 1. The predicted molar refractivity (Wildman–Crippen MR) is 124 cm³/mol. The normalized spacial score (nSPS) is 11.1. The minimum Gasteiger partial charge on any atom is -0.492 e. The lowest BCUT2D eigenvalue weighted by Gasteiger charge is -2.13. The molecule has 0 atom stereocenters. The molecular weight excluding hydrogens is 470 g/mol. The van der Waals surface area contributed by atoms with Crippen LogP contribution in [0.2, 0.25) is 0 Å². The Balaban J connectivity index is 0.00000392. The minimum absolute atomic E-state index is 0. The Kier molecular flexibility index (Phi) is 11.5. The molecule has 154 valence electrons. The van der Waals surface area contributed by atoms with Gasteiger partial charge in [-0.3, -0.25) is 0 Å². The van der Waals surface area contributed by atoms with Crippen molar-refractivity contribution in [1.29, 1.82) is 0 Å². The van der Waals surface area contributed by atoms with E-state index < -0.39 is 0 Å². The van der Waals surface area contributed by atoms with Crippen LogP contribution in [0.1, 0.15) is 18.1 Å². The number of nitrogens with one attached hydrogen (secondary N) is 2. The fourth-order valence-electron chi connectivity index (χ4n) is 2.41. The Hall–Kier alpha value is -1.87. The second-order valence-electron chi connectivity index (χ2n) is 6.44. The smallest absolute Gasteiger partial charge is 0.191 e. The molecular formula is C21H30FIN4O. The van der Waals surface area contributed by atoms with Crippen LogP contribution in [0.15, 0.2) is 53.5 Å². The number of guanidine groups is 1. The highest BCUT2D eigenvalue weighted by molar-refractivity contribution is 14.0. The number of aliphatic imine (C=N–C) groups is 1. The van der Waals surface area contributed by atoms with E-state index in [1.807, 2.05) is 51.4 Å². The lowest BCUT2D eigenvalue weighted by Crippen LogP contribution is -2.37. The summed E-state index contributed by atoms with van der Waals surface area (Å²) in [7, 11) is 4.04. The van der Waals surface area contributed by atoms with E-state index in [9.17, 15) is 4.39 Å². The molecule has 0 heterocycles. The molecule has 5 nitrogen and oxygen atoms in total. The molecule has 0 aliphatic rings. The first-order chi connectivity index (χ1) is 13.1. The molecule has 0 aromatic heterocycles. The summed E-state index contributed by atoms with van der Waals surface area (Å²) in [6.07, 6.45) is 0. The third-order valence-electron chi connectivity index (χ3n) is 3.87. The van der Waals surface area contributed by atoms with Gasteiger partial charge in [0.25, 0.3) is 0 Å². The zero-order chi connectivity index (χ0) is 19.5. The molecule has 0 aliphatic carbocycles. The van der Waals surface area contributed by atoms with E-state index >= 15 is 0 Å². The van der Waals surface area contributed by atoms with Gasteiger partial charge in [-0.15, -0.1) is 24.0 Å². The maximum Gasteiger partial charge on any atom is 0.191 e. The topological polar surface area (TPSA) is 48.9 Å². The van der Waals surface area contributed by atoms with Crippen LogP contribution in [-0.4, -0.2) is 44.7 Å². The van der Waals surface area contributed by atoms with Crippen molar-refractivity contribution in [1.82, 2.24) is 15.5 Å². The maximum absolute atomic E-state index is 13.8. The molecule has 2 N–H and O–H groups in total. The molecule has 0 aliphatic heterocycles. The van der Waals surface area contributed by atoms with E-state index in [1.54, 1.807) is 12.1 Å². The van der Waals surface area contributed by atoms with Crippen LogP contribution in [-0.2, 0) is 13.1 Å². The lowest BCUT2D eigenvalue weighted by atomic mass is 10.2. The Labute approximate surface area is 184 Å². The van der Waals surface area contributed by atoms with E-state index in [4.69, 9.17) is 4.74 Å². The Morgan fingerprint density at radius 1 is 1.11 bits per heavy atom. The second kappa shape index (κ2) is 13.3. The van der Waals surface area contributed by atoms with Crippen LogP contribution in [0.25, 0.3) is 0 Å². The first kappa shape index (κ1) is 24.2. The molecule has 7 heteroatoms. The van der Waals surface area contributed by atoms with Gasteiger partial charge in [-0.05, 0) is 44.8 Å². The molecule has 0 fully saturated rings. The molecule has 28 heavy (non-hydrogen) atoms. The average Bonchev–Trinajstić information content (AvgIpc) is 2.65. The lowest BCUT2D eigenvalue weighted by molar-refractivity contribution is 0.261. The predicted octanol–water partition coefficient (Wildman–Crippen LogP) is 3.64. The second-order valence-corrected chi connectivity index (χ2v) is 6.44. The van der Waals surface area contributed by atoms with Gasteiger partial charge in [-0.25, -0.2) is 9.38 Å². The first-order valence-corrected chi connectivity index (χ1v) is 9.20. The van der Waals surface area contributed by atoms with Gasteiger partial charge in [0.2, 0.25) is 0 Å². The van der Waals surface area contributed by atoms with Crippen molar-refractivity contribution in [2.45, 2.75) is 20.0 Å². The molecule has 0 unspecified atom stereocenters. The van der Waals surface area contributed by atoms with E-state index in [-0.39, 0.29) is 29.8 Å². The highest BCUT2D eigenvalue weighted by Gasteiger charge is 2.03. The fraction of sp³-hybridized carbons (Fsp3) is 0.381. The van der Waals surface area contributed by atoms with Crippen LogP contribution in [0.4, 0.5) is 4.39 Å². The zero-order valence-corrected chi connectivity index (χ0v) is 19.1. The number of benzene rings is 2. The van der Waals surface area contributed by atoms with Gasteiger partial charge in [0.15, 0.2) is 5.96 Å². The summed E-state index contributed by atoms with van der Waals surface area (Å²) in [5, 5.41) is 6.36. The van der Waals surface area contributed by atoms with Crippen molar-refractivity contribution in [2.75, 3.05) is 33.8 Å². The van der Waals surface area contributed by atoms with Crippen molar-refractivity contribution in [3.8, 4) is 5.75 Å². The molecule has 0 saturated heterocycles. The Morgan fingerprint density at radius 3 is 2.61 bits per heavy atom. The largest absolute Gasteiger partial charge is 0.492 e. The molecule has 0 saturated carbocycles. The highest BCUT2D eigenvalue weighted by Crippen LogP contribution is 2.14. The van der Waals surface area contributed by atoms with Crippen LogP contribution < -0.4 is 15.4 Å². The van der Waals surface area contributed by atoms with E-state index in [0.717, 1.165) is 24.4 Å². The molecule has 0 radical (unpaired) electrons. The van der Waals surface area contributed by atoms with E-state index in [0.29, 0.717) is 31.2 Å². The monoisotopic (exact) mass is 500 g/mol. The van der Waals surface area contributed by atoms with Crippen LogP contribution in [0.3, 0.4) is 0 Å². The quantitative estimate of drug-likeness (QED) is 0.314. The third kappa shape index (κ3) is 8.88. The summed E-state index contributed by atoms with van der Waals surface area (Å²) in [6.45, 7) is 5.14. The highest BCUT2D eigenvalue weighted by atomic mass is 127. The van der Waals surface area contributed by atoms with Crippen molar-refractivity contribution in [3.63, 3.8) is 0 Å². The van der Waals surface area contributed by atoms with Gasteiger partial charge in [0.05, 0.1) is 6.54 Å². The summed E-state index contributed by atoms with van der Waals surface area (Å²) in [5.41, 5.74) is 1.67. The van der Waals surface area contributed by atoms with Gasteiger partial charge in [0.1, 0.15) is 18.2 Å². The summed E-state index contributed by atoms with van der Waals surface area (Å²) in [5.74, 6) is 1.27. The first-order valence-electron chi connectivity index (χ1n) is 9.20. The number of ether oxygens (including phenoxy) is 1. The van der Waals surface area contributed by atoms with Crippen molar-refractivity contribution < 1.29 is 9.13 Å². The minimum atomic E-state index is -0.219. The van der Waals surface area contributed by atoms with Gasteiger partial charge in [-0.2, -0.15) is 0 Å². The fourth-order valence-corrected chi connectivity index (χ4v) is 2.41. The number of rotatable bonds is 9. The molecule has 0 spiro atoms. The third-order valence-corrected chi connectivity index (χ3v) is 3.87.